The molecule has 27 heavy (non-hydrogen) atoms. The van der Waals surface area contributed by atoms with Gasteiger partial charge in [-0.05, 0) is 36.1 Å². The van der Waals surface area contributed by atoms with Crippen LogP contribution < -0.4 is 10.6 Å². The number of rotatable bonds is 7. The van der Waals surface area contributed by atoms with Crippen molar-refractivity contribution in [1.82, 2.24) is 10.6 Å². The number of thiophene rings is 1. The Bertz CT molecular complexity index is 864. The number of carbonyl (C=O) groups excluding carboxylic acids is 2. The highest BCUT2D eigenvalue weighted by molar-refractivity contribution is 7.10. The van der Waals surface area contributed by atoms with E-state index in [-0.39, 0.29) is 30.3 Å². The van der Waals surface area contributed by atoms with E-state index in [2.05, 4.69) is 10.6 Å². The molecule has 0 saturated carbocycles. The summed E-state index contributed by atoms with van der Waals surface area (Å²) in [6, 6.07) is 22.4. The van der Waals surface area contributed by atoms with Gasteiger partial charge in [-0.2, -0.15) is 0 Å². The first-order valence-electron chi connectivity index (χ1n) is 8.87. The molecule has 4 nitrogen and oxygen atoms in total. The van der Waals surface area contributed by atoms with Crippen molar-refractivity contribution in [3.8, 4) is 0 Å². The van der Waals surface area contributed by atoms with E-state index in [1.165, 1.54) is 0 Å². The van der Waals surface area contributed by atoms with Crippen LogP contribution >= 0.6 is 11.3 Å². The van der Waals surface area contributed by atoms with Crippen molar-refractivity contribution in [2.75, 3.05) is 0 Å². The molecule has 1 heterocycles. The zero-order chi connectivity index (χ0) is 19.1. The molecule has 3 aromatic rings. The van der Waals surface area contributed by atoms with Gasteiger partial charge in [0.1, 0.15) is 0 Å². The Morgan fingerprint density at radius 2 is 1.56 bits per heavy atom. The van der Waals surface area contributed by atoms with Gasteiger partial charge in [-0.1, -0.05) is 54.6 Å². The summed E-state index contributed by atoms with van der Waals surface area (Å²) in [5, 5.41) is 7.98. The van der Waals surface area contributed by atoms with Gasteiger partial charge in [0.05, 0.1) is 6.04 Å². The summed E-state index contributed by atoms with van der Waals surface area (Å²) in [4.78, 5) is 25.9. The van der Waals surface area contributed by atoms with Gasteiger partial charge in [-0.15, -0.1) is 11.3 Å². The Balaban J connectivity index is 1.62. The van der Waals surface area contributed by atoms with E-state index in [1.54, 1.807) is 23.5 Å². The van der Waals surface area contributed by atoms with Crippen molar-refractivity contribution in [2.45, 2.75) is 25.4 Å². The number of nitrogens with one attached hydrogen (secondary N) is 2. The van der Waals surface area contributed by atoms with Crippen molar-refractivity contribution in [2.24, 2.45) is 0 Å². The Kier molecular flexibility index (Phi) is 6.39. The van der Waals surface area contributed by atoms with Gasteiger partial charge in [0.25, 0.3) is 5.91 Å². The number of hydrogen-bond donors (Lipinski definition) is 2. The summed E-state index contributed by atoms with van der Waals surface area (Å²) in [6.07, 6.45) is 0.216. The van der Waals surface area contributed by atoms with Crippen LogP contribution in [0.4, 0.5) is 0 Å². The molecule has 0 bridgehead atoms. The first kappa shape index (κ1) is 18.9. The second kappa shape index (κ2) is 9.14. The normalized spacial score (nSPS) is 12.8. The lowest BCUT2D eigenvalue weighted by Crippen LogP contribution is -2.38. The number of carbonyl (C=O) groups is 2. The average Bonchev–Trinajstić information content (AvgIpc) is 3.22. The van der Waals surface area contributed by atoms with E-state index in [9.17, 15) is 9.59 Å². The topological polar surface area (TPSA) is 58.2 Å². The van der Waals surface area contributed by atoms with E-state index < -0.39 is 0 Å². The first-order chi connectivity index (χ1) is 13.1. The molecular formula is C22H22N2O2S. The maximum atomic E-state index is 12.6. The maximum absolute atomic E-state index is 12.6. The molecular weight excluding hydrogens is 356 g/mol. The number of amides is 2. The largest absolute Gasteiger partial charge is 0.349 e. The molecule has 0 radical (unpaired) electrons. The average molecular weight is 378 g/mol. The third-order valence-corrected chi connectivity index (χ3v) is 5.11. The second-order valence-corrected chi connectivity index (χ2v) is 7.35. The molecule has 2 N–H and O–H groups in total. The molecule has 2 aromatic carbocycles. The summed E-state index contributed by atoms with van der Waals surface area (Å²) in [5.41, 5.74) is 1.62. The molecule has 2 unspecified atom stereocenters. The van der Waals surface area contributed by atoms with Crippen LogP contribution in [-0.2, 0) is 4.79 Å². The van der Waals surface area contributed by atoms with Crippen LogP contribution in [0.25, 0.3) is 0 Å². The lowest BCUT2D eigenvalue weighted by atomic mass is 10.0. The van der Waals surface area contributed by atoms with Gasteiger partial charge < -0.3 is 10.6 Å². The fourth-order valence-electron chi connectivity index (χ4n) is 2.87. The quantitative estimate of drug-likeness (QED) is 0.648. The van der Waals surface area contributed by atoms with Gasteiger partial charge in [0, 0.05) is 22.9 Å². The molecule has 138 valence electrons. The lowest BCUT2D eigenvalue weighted by Gasteiger charge is -2.20. The molecule has 2 amide bonds. The van der Waals surface area contributed by atoms with Crippen LogP contribution in [0.3, 0.4) is 0 Å². The van der Waals surface area contributed by atoms with Crippen molar-refractivity contribution in [3.05, 3.63) is 94.2 Å². The third kappa shape index (κ3) is 5.28. The summed E-state index contributed by atoms with van der Waals surface area (Å²) in [7, 11) is 0. The molecule has 0 fully saturated rings. The molecule has 0 aliphatic carbocycles. The summed E-state index contributed by atoms with van der Waals surface area (Å²) in [6.45, 7) is 1.84. The van der Waals surface area contributed by atoms with Gasteiger partial charge in [0.2, 0.25) is 5.91 Å². The van der Waals surface area contributed by atoms with Crippen molar-refractivity contribution in [3.63, 3.8) is 0 Å². The van der Waals surface area contributed by atoms with Gasteiger partial charge in [-0.3, -0.25) is 9.59 Å². The van der Waals surface area contributed by atoms with Crippen molar-refractivity contribution < 1.29 is 9.59 Å². The molecule has 0 aliphatic heterocycles. The van der Waals surface area contributed by atoms with E-state index in [0.29, 0.717) is 5.56 Å². The Hall–Kier alpha value is -2.92. The standard InChI is InChI=1S/C22H22N2O2S/c1-16(23-22(26)18-11-6-3-7-12-18)15-20(25)24-21(19-13-8-14-27-19)17-9-4-2-5-10-17/h2-14,16,21H,15H2,1H3,(H,23,26)(H,24,25). The molecule has 2 atom stereocenters. The van der Waals surface area contributed by atoms with E-state index in [0.717, 1.165) is 10.4 Å². The Morgan fingerprint density at radius 3 is 2.19 bits per heavy atom. The highest BCUT2D eigenvalue weighted by Crippen LogP contribution is 2.26. The minimum absolute atomic E-state index is 0.0990. The van der Waals surface area contributed by atoms with E-state index >= 15 is 0 Å². The number of hydrogen-bond acceptors (Lipinski definition) is 3. The van der Waals surface area contributed by atoms with Crippen LogP contribution in [0.2, 0.25) is 0 Å². The molecule has 0 aliphatic rings. The van der Waals surface area contributed by atoms with Crippen LogP contribution in [0, 0.1) is 0 Å². The highest BCUT2D eigenvalue weighted by atomic mass is 32.1. The predicted octanol–water partition coefficient (Wildman–Crippen LogP) is 4.16. The second-order valence-electron chi connectivity index (χ2n) is 6.37. The fourth-order valence-corrected chi connectivity index (χ4v) is 3.67. The van der Waals surface area contributed by atoms with Gasteiger partial charge in [-0.25, -0.2) is 0 Å². The first-order valence-corrected chi connectivity index (χ1v) is 9.75. The van der Waals surface area contributed by atoms with E-state index in [1.807, 2.05) is 73.0 Å². The van der Waals surface area contributed by atoms with Crippen LogP contribution in [0.15, 0.2) is 78.2 Å². The van der Waals surface area contributed by atoms with Gasteiger partial charge >= 0.3 is 0 Å². The number of benzene rings is 2. The zero-order valence-corrected chi connectivity index (χ0v) is 15.9. The Morgan fingerprint density at radius 1 is 0.889 bits per heavy atom. The highest BCUT2D eigenvalue weighted by Gasteiger charge is 2.19. The maximum Gasteiger partial charge on any atom is 0.251 e. The van der Waals surface area contributed by atoms with Crippen molar-refractivity contribution >= 4 is 23.2 Å². The van der Waals surface area contributed by atoms with Crippen molar-refractivity contribution in [1.29, 1.82) is 0 Å². The lowest BCUT2D eigenvalue weighted by molar-refractivity contribution is -0.121. The zero-order valence-electron chi connectivity index (χ0n) is 15.1. The predicted molar refractivity (Wildman–Crippen MR) is 109 cm³/mol. The fraction of sp³-hybridized carbons (Fsp3) is 0.182. The molecule has 5 heteroatoms. The minimum atomic E-state index is -0.266. The smallest absolute Gasteiger partial charge is 0.251 e. The monoisotopic (exact) mass is 378 g/mol. The van der Waals surface area contributed by atoms with Crippen LogP contribution in [0.1, 0.15) is 40.2 Å². The van der Waals surface area contributed by atoms with Gasteiger partial charge in [0.15, 0.2) is 0 Å². The third-order valence-electron chi connectivity index (χ3n) is 4.17. The summed E-state index contributed by atoms with van der Waals surface area (Å²) >= 11 is 1.61. The summed E-state index contributed by atoms with van der Waals surface area (Å²) in [5.74, 6) is -0.271. The molecule has 3 rings (SSSR count). The Labute approximate surface area is 163 Å². The molecule has 0 spiro atoms. The summed E-state index contributed by atoms with van der Waals surface area (Å²) < 4.78 is 0. The minimum Gasteiger partial charge on any atom is -0.349 e. The van der Waals surface area contributed by atoms with E-state index in [4.69, 9.17) is 0 Å². The SMILES string of the molecule is CC(CC(=O)NC(c1ccccc1)c1cccs1)NC(=O)c1ccccc1. The molecule has 0 saturated heterocycles. The van der Waals surface area contributed by atoms with Crippen LogP contribution in [0.5, 0.6) is 0 Å². The molecule has 1 aromatic heterocycles. The van der Waals surface area contributed by atoms with Crippen LogP contribution in [-0.4, -0.2) is 17.9 Å².